The van der Waals surface area contributed by atoms with E-state index in [2.05, 4.69) is 20.9 Å². The average Bonchev–Trinajstić information content (AvgIpc) is 3.18. The molecule has 0 saturated heterocycles. The van der Waals surface area contributed by atoms with Gasteiger partial charge in [0.25, 0.3) is 0 Å². The predicted octanol–water partition coefficient (Wildman–Crippen LogP) is -0.872. The minimum atomic E-state index is -1.23. The molecule has 0 spiro atoms. The Morgan fingerprint density at radius 1 is 0.971 bits per heavy atom. The molecule has 0 radical (unpaired) electrons. The molecule has 12 heteroatoms. The SMILES string of the molecule is CC(NC(=O)C(N)CC(N)=O)C(=O)NC(C(=O)NC(Cc1c[nH]c2ccccc12)C(=O)O)C(C)C. The first-order chi connectivity index (χ1) is 16.4. The number of primary amides is 1. The number of carboxylic acids is 1. The van der Waals surface area contributed by atoms with Crippen molar-refractivity contribution in [1.82, 2.24) is 20.9 Å². The van der Waals surface area contributed by atoms with E-state index in [0.29, 0.717) is 0 Å². The van der Waals surface area contributed by atoms with Gasteiger partial charge in [-0.2, -0.15) is 0 Å². The van der Waals surface area contributed by atoms with Crippen LogP contribution >= 0.6 is 0 Å². The van der Waals surface area contributed by atoms with Gasteiger partial charge in [-0.25, -0.2) is 4.79 Å². The molecule has 1 aromatic heterocycles. The molecule has 0 aliphatic rings. The summed E-state index contributed by atoms with van der Waals surface area (Å²) < 4.78 is 0. The zero-order valence-corrected chi connectivity index (χ0v) is 19.8. The molecule has 190 valence electrons. The summed E-state index contributed by atoms with van der Waals surface area (Å²) in [6.45, 7) is 4.76. The molecule has 2 aromatic rings. The van der Waals surface area contributed by atoms with E-state index in [4.69, 9.17) is 11.5 Å². The van der Waals surface area contributed by atoms with Gasteiger partial charge in [-0.3, -0.25) is 19.2 Å². The van der Waals surface area contributed by atoms with Gasteiger partial charge in [0.15, 0.2) is 0 Å². The lowest BCUT2D eigenvalue weighted by Gasteiger charge is -2.26. The minimum absolute atomic E-state index is 0.0358. The number of carboxylic acid groups (broad SMARTS) is 1. The van der Waals surface area contributed by atoms with Gasteiger partial charge < -0.3 is 37.5 Å². The smallest absolute Gasteiger partial charge is 0.326 e. The van der Waals surface area contributed by atoms with Crippen molar-refractivity contribution < 1.29 is 29.1 Å². The molecule has 0 fully saturated rings. The lowest BCUT2D eigenvalue weighted by molar-refractivity contribution is -0.142. The number of aliphatic carboxylic acids is 1. The maximum Gasteiger partial charge on any atom is 0.326 e. The topological polar surface area (TPSA) is 209 Å². The number of fused-ring (bicyclic) bond motifs is 1. The highest BCUT2D eigenvalue weighted by Crippen LogP contribution is 2.19. The number of nitrogens with one attached hydrogen (secondary N) is 4. The number of nitrogens with two attached hydrogens (primary N) is 2. The Bertz CT molecular complexity index is 1100. The van der Waals surface area contributed by atoms with Crippen LogP contribution in [0.2, 0.25) is 0 Å². The van der Waals surface area contributed by atoms with Gasteiger partial charge in [0.05, 0.1) is 12.5 Å². The van der Waals surface area contributed by atoms with Crippen LogP contribution in [0.4, 0.5) is 0 Å². The second kappa shape index (κ2) is 12.0. The van der Waals surface area contributed by atoms with Crippen molar-refractivity contribution in [2.75, 3.05) is 0 Å². The minimum Gasteiger partial charge on any atom is -0.480 e. The maximum atomic E-state index is 12.9. The van der Waals surface area contributed by atoms with Crippen LogP contribution in [-0.2, 0) is 30.4 Å². The number of amides is 4. The highest BCUT2D eigenvalue weighted by molar-refractivity contribution is 5.95. The molecular weight excluding hydrogens is 456 g/mol. The highest BCUT2D eigenvalue weighted by atomic mass is 16.4. The molecule has 12 nitrogen and oxygen atoms in total. The van der Waals surface area contributed by atoms with Crippen molar-refractivity contribution in [3.8, 4) is 0 Å². The Balaban J connectivity index is 2.05. The number of carbonyl (C=O) groups excluding carboxylic acids is 4. The number of rotatable bonds is 12. The molecule has 0 aliphatic carbocycles. The highest BCUT2D eigenvalue weighted by Gasteiger charge is 2.31. The van der Waals surface area contributed by atoms with E-state index in [9.17, 15) is 29.1 Å². The molecule has 0 aliphatic heterocycles. The first-order valence-corrected chi connectivity index (χ1v) is 11.1. The van der Waals surface area contributed by atoms with Crippen LogP contribution in [0.15, 0.2) is 30.5 Å². The van der Waals surface area contributed by atoms with Crippen LogP contribution in [0, 0.1) is 5.92 Å². The van der Waals surface area contributed by atoms with Gasteiger partial charge in [0.2, 0.25) is 23.6 Å². The van der Waals surface area contributed by atoms with E-state index in [1.165, 1.54) is 6.92 Å². The number of para-hydroxylation sites is 1. The fourth-order valence-corrected chi connectivity index (χ4v) is 3.49. The monoisotopic (exact) mass is 488 g/mol. The van der Waals surface area contributed by atoms with Crippen LogP contribution in [0.1, 0.15) is 32.8 Å². The molecule has 4 amide bonds. The van der Waals surface area contributed by atoms with Gasteiger partial charge in [-0.15, -0.1) is 0 Å². The number of carbonyl (C=O) groups is 5. The van der Waals surface area contributed by atoms with Gasteiger partial charge in [0.1, 0.15) is 18.1 Å². The standard InChI is InChI=1S/C23H32N6O6/c1-11(2)19(29-20(31)12(3)27-21(32)15(24)9-18(25)30)22(33)28-17(23(34)35)8-13-10-26-16-7-5-4-6-14(13)16/h4-7,10-12,15,17,19,26H,8-9,24H2,1-3H3,(H2,25,30)(H,27,32)(H,28,33)(H,29,31)(H,34,35). The van der Waals surface area contributed by atoms with E-state index >= 15 is 0 Å². The summed E-state index contributed by atoms with van der Waals surface area (Å²) in [7, 11) is 0. The summed E-state index contributed by atoms with van der Waals surface area (Å²) in [6, 6.07) is 2.81. The molecule has 1 heterocycles. The quantitative estimate of drug-likeness (QED) is 0.200. The first kappa shape index (κ1) is 27.3. The van der Waals surface area contributed by atoms with Crippen LogP contribution in [0.25, 0.3) is 10.9 Å². The maximum absolute atomic E-state index is 12.9. The summed E-state index contributed by atoms with van der Waals surface area (Å²) in [4.78, 5) is 63.5. The Morgan fingerprint density at radius 3 is 2.23 bits per heavy atom. The van der Waals surface area contributed by atoms with Crippen LogP contribution < -0.4 is 27.4 Å². The van der Waals surface area contributed by atoms with Crippen molar-refractivity contribution in [3.05, 3.63) is 36.0 Å². The van der Waals surface area contributed by atoms with Crippen LogP contribution in [-0.4, -0.2) is 63.9 Å². The summed E-state index contributed by atoms with van der Waals surface area (Å²) >= 11 is 0. The fraction of sp³-hybridized carbons (Fsp3) is 0.435. The Labute approximate surface area is 202 Å². The van der Waals surface area contributed by atoms with E-state index in [1.807, 2.05) is 24.3 Å². The van der Waals surface area contributed by atoms with Gasteiger partial charge in [0, 0.05) is 23.5 Å². The van der Waals surface area contributed by atoms with Crippen molar-refractivity contribution in [3.63, 3.8) is 0 Å². The molecule has 0 saturated carbocycles. The number of aromatic nitrogens is 1. The lowest BCUT2D eigenvalue weighted by atomic mass is 10.0. The van der Waals surface area contributed by atoms with Crippen LogP contribution in [0.5, 0.6) is 0 Å². The number of benzene rings is 1. The molecular formula is C23H32N6O6. The molecule has 9 N–H and O–H groups in total. The molecule has 2 rings (SSSR count). The van der Waals surface area contributed by atoms with E-state index in [1.54, 1.807) is 20.0 Å². The van der Waals surface area contributed by atoms with Gasteiger partial charge in [-0.1, -0.05) is 32.0 Å². The molecule has 0 bridgehead atoms. The number of hydrogen-bond acceptors (Lipinski definition) is 6. The largest absolute Gasteiger partial charge is 0.480 e. The van der Waals surface area contributed by atoms with E-state index < -0.39 is 53.8 Å². The zero-order valence-electron chi connectivity index (χ0n) is 19.8. The predicted molar refractivity (Wildman–Crippen MR) is 128 cm³/mol. The molecule has 4 atom stereocenters. The summed E-state index contributed by atoms with van der Waals surface area (Å²) in [6.07, 6.45) is 1.35. The molecule has 35 heavy (non-hydrogen) atoms. The fourth-order valence-electron chi connectivity index (χ4n) is 3.49. The van der Waals surface area contributed by atoms with Crippen LogP contribution in [0.3, 0.4) is 0 Å². The van der Waals surface area contributed by atoms with Crippen molar-refractivity contribution >= 4 is 40.5 Å². The van der Waals surface area contributed by atoms with E-state index in [-0.39, 0.29) is 18.8 Å². The number of hydrogen-bond donors (Lipinski definition) is 7. The van der Waals surface area contributed by atoms with E-state index in [0.717, 1.165) is 16.5 Å². The first-order valence-electron chi connectivity index (χ1n) is 11.1. The lowest BCUT2D eigenvalue weighted by Crippen LogP contribution is -2.58. The van der Waals surface area contributed by atoms with Gasteiger partial charge >= 0.3 is 5.97 Å². The summed E-state index contributed by atoms with van der Waals surface area (Å²) in [5, 5.41) is 17.9. The third-order valence-corrected chi connectivity index (χ3v) is 5.47. The zero-order chi connectivity index (χ0) is 26.3. The second-order valence-electron chi connectivity index (χ2n) is 8.70. The van der Waals surface area contributed by atoms with Gasteiger partial charge in [-0.05, 0) is 24.5 Å². The third kappa shape index (κ3) is 7.54. The summed E-state index contributed by atoms with van der Waals surface area (Å²) in [5.74, 6) is -4.47. The average molecular weight is 489 g/mol. The molecule has 4 unspecified atom stereocenters. The second-order valence-corrected chi connectivity index (χ2v) is 8.70. The number of H-pyrrole nitrogens is 1. The Hall–Kier alpha value is -3.93. The Kier molecular flexibility index (Phi) is 9.34. The van der Waals surface area contributed by atoms with Crippen molar-refractivity contribution in [1.29, 1.82) is 0 Å². The molecule has 1 aromatic carbocycles. The Morgan fingerprint density at radius 2 is 1.63 bits per heavy atom. The normalized spacial score (nSPS) is 14.5. The van der Waals surface area contributed by atoms with Crippen molar-refractivity contribution in [2.45, 2.75) is 57.8 Å². The van der Waals surface area contributed by atoms with Crippen molar-refractivity contribution in [2.24, 2.45) is 17.4 Å². The summed E-state index contributed by atoms with van der Waals surface area (Å²) in [5.41, 5.74) is 12.2. The third-order valence-electron chi connectivity index (χ3n) is 5.47. The number of aromatic amines is 1.